The van der Waals surface area contributed by atoms with Gasteiger partial charge in [-0.2, -0.15) is 0 Å². The molecule has 2 fully saturated rings. The number of carbonyl (C=O) groups is 1. The Bertz CT molecular complexity index is 558. The lowest BCUT2D eigenvalue weighted by atomic mass is 9.99. The Hall–Kier alpha value is -1.39. The average Bonchev–Trinajstić information content (AvgIpc) is 2.79. The second-order valence-corrected chi connectivity index (χ2v) is 7.46. The van der Waals surface area contributed by atoms with Crippen LogP contribution in [0, 0.1) is 18.8 Å². The van der Waals surface area contributed by atoms with Crippen LogP contribution in [0.2, 0.25) is 0 Å². The van der Waals surface area contributed by atoms with Crippen LogP contribution in [-0.4, -0.2) is 42.6 Å². The maximum absolute atomic E-state index is 12.4. The molecule has 4 heteroatoms. The van der Waals surface area contributed by atoms with Gasteiger partial charge in [-0.05, 0) is 24.8 Å². The third kappa shape index (κ3) is 4.12. The SMILES string of the molecule is Cc1cccc(CN2C[C@@H]3C[C@@H](C(=O)NCC(C)C)[C@H](C2)O3)c1. The molecular formula is C19H28N2O2. The number of benzene rings is 1. The molecule has 2 aliphatic heterocycles. The molecule has 1 amide bonds. The molecule has 2 aliphatic rings. The fourth-order valence-electron chi connectivity index (χ4n) is 3.65. The van der Waals surface area contributed by atoms with Crippen molar-refractivity contribution in [2.24, 2.45) is 11.8 Å². The lowest BCUT2D eigenvalue weighted by molar-refractivity contribution is -0.128. The summed E-state index contributed by atoms with van der Waals surface area (Å²) in [5.41, 5.74) is 2.64. The van der Waals surface area contributed by atoms with E-state index in [9.17, 15) is 4.79 Å². The lowest BCUT2D eigenvalue weighted by Gasteiger charge is -2.32. The Morgan fingerprint density at radius 3 is 2.96 bits per heavy atom. The Morgan fingerprint density at radius 1 is 1.39 bits per heavy atom. The largest absolute Gasteiger partial charge is 0.371 e. The number of hydrogen-bond acceptors (Lipinski definition) is 3. The van der Waals surface area contributed by atoms with E-state index >= 15 is 0 Å². The van der Waals surface area contributed by atoms with E-state index in [4.69, 9.17) is 4.74 Å². The van der Waals surface area contributed by atoms with Gasteiger partial charge in [-0.1, -0.05) is 43.7 Å². The highest BCUT2D eigenvalue weighted by Crippen LogP contribution is 2.32. The quantitative estimate of drug-likeness (QED) is 0.907. The van der Waals surface area contributed by atoms with Gasteiger partial charge in [-0.3, -0.25) is 9.69 Å². The summed E-state index contributed by atoms with van der Waals surface area (Å²) in [4.78, 5) is 14.8. The second-order valence-electron chi connectivity index (χ2n) is 7.46. The number of fused-ring (bicyclic) bond motifs is 2. The van der Waals surface area contributed by atoms with Gasteiger partial charge in [0.1, 0.15) is 0 Å². The van der Waals surface area contributed by atoms with Crippen LogP contribution in [0.15, 0.2) is 24.3 Å². The molecule has 0 aliphatic carbocycles. The smallest absolute Gasteiger partial charge is 0.225 e. The lowest BCUT2D eigenvalue weighted by Crippen LogP contribution is -2.45. The fourth-order valence-corrected chi connectivity index (χ4v) is 3.65. The summed E-state index contributed by atoms with van der Waals surface area (Å²) in [7, 11) is 0. The van der Waals surface area contributed by atoms with Crippen molar-refractivity contribution in [1.82, 2.24) is 10.2 Å². The third-order valence-electron chi connectivity index (χ3n) is 4.74. The van der Waals surface area contributed by atoms with E-state index in [2.05, 4.69) is 55.3 Å². The van der Waals surface area contributed by atoms with Crippen LogP contribution in [0.4, 0.5) is 0 Å². The predicted molar refractivity (Wildman–Crippen MR) is 91.1 cm³/mol. The van der Waals surface area contributed by atoms with Crippen molar-refractivity contribution in [1.29, 1.82) is 0 Å². The molecule has 3 rings (SSSR count). The molecule has 4 nitrogen and oxygen atoms in total. The first-order valence-corrected chi connectivity index (χ1v) is 8.72. The van der Waals surface area contributed by atoms with E-state index in [1.807, 2.05) is 0 Å². The Kier molecular flexibility index (Phi) is 5.02. The van der Waals surface area contributed by atoms with Crippen LogP contribution in [0.1, 0.15) is 31.4 Å². The van der Waals surface area contributed by atoms with E-state index in [0.29, 0.717) is 5.92 Å². The highest BCUT2D eigenvalue weighted by Gasteiger charge is 2.44. The number of morpholine rings is 1. The first kappa shape index (κ1) is 16.5. The summed E-state index contributed by atoms with van der Waals surface area (Å²) in [6, 6.07) is 8.66. The van der Waals surface area contributed by atoms with Crippen LogP contribution < -0.4 is 5.32 Å². The van der Waals surface area contributed by atoms with Gasteiger partial charge in [-0.15, -0.1) is 0 Å². The fraction of sp³-hybridized carbons (Fsp3) is 0.632. The van der Waals surface area contributed by atoms with Crippen LogP contribution >= 0.6 is 0 Å². The van der Waals surface area contributed by atoms with Crippen LogP contribution in [0.5, 0.6) is 0 Å². The van der Waals surface area contributed by atoms with Crippen molar-refractivity contribution in [3.63, 3.8) is 0 Å². The normalized spacial score (nSPS) is 27.4. The van der Waals surface area contributed by atoms with Crippen LogP contribution in [0.25, 0.3) is 0 Å². The van der Waals surface area contributed by atoms with E-state index in [0.717, 1.165) is 32.6 Å². The molecule has 0 aromatic heterocycles. The molecule has 2 bridgehead atoms. The van der Waals surface area contributed by atoms with Gasteiger partial charge in [0.05, 0.1) is 18.1 Å². The molecule has 0 spiro atoms. The highest BCUT2D eigenvalue weighted by molar-refractivity contribution is 5.79. The predicted octanol–water partition coefficient (Wildman–Crippen LogP) is 2.36. The van der Waals surface area contributed by atoms with Crippen molar-refractivity contribution >= 4 is 5.91 Å². The van der Waals surface area contributed by atoms with Crippen LogP contribution in [-0.2, 0) is 16.1 Å². The monoisotopic (exact) mass is 316 g/mol. The molecule has 2 heterocycles. The number of ether oxygens (including phenoxy) is 1. The van der Waals surface area contributed by atoms with Crippen molar-refractivity contribution < 1.29 is 9.53 Å². The summed E-state index contributed by atoms with van der Waals surface area (Å²) in [6.07, 6.45) is 1.11. The van der Waals surface area contributed by atoms with Gasteiger partial charge in [0.2, 0.25) is 5.91 Å². The van der Waals surface area contributed by atoms with Gasteiger partial charge in [0.15, 0.2) is 0 Å². The van der Waals surface area contributed by atoms with E-state index in [-0.39, 0.29) is 24.0 Å². The molecule has 1 aromatic rings. The Labute approximate surface area is 139 Å². The first-order valence-electron chi connectivity index (χ1n) is 8.72. The zero-order valence-electron chi connectivity index (χ0n) is 14.4. The van der Waals surface area contributed by atoms with E-state index in [1.54, 1.807) is 0 Å². The minimum absolute atomic E-state index is 0.0151. The highest BCUT2D eigenvalue weighted by atomic mass is 16.5. The molecule has 3 atom stereocenters. The van der Waals surface area contributed by atoms with Gasteiger partial charge in [0, 0.05) is 26.2 Å². The maximum Gasteiger partial charge on any atom is 0.225 e. The summed E-state index contributed by atoms with van der Waals surface area (Å²) in [5.74, 6) is 0.670. The van der Waals surface area contributed by atoms with Gasteiger partial charge >= 0.3 is 0 Å². The molecule has 2 saturated heterocycles. The van der Waals surface area contributed by atoms with Crippen LogP contribution in [0.3, 0.4) is 0 Å². The number of nitrogens with zero attached hydrogens (tertiary/aromatic N) is 1. The summed E-state index contributed by atoms with van der Waals surface area (Å²) < 4.78 is 6.03. The average molecular weight is 316 g/mol. The second kappa shape index (κ2) is 7.02. The minimum atomic E-state index is 0.0151. The van der Waals surface area contributed by atoms with Crippen molar-refractivity contribution in [2.45, 2.75) is 45.9 Å². The Morgan fingerprint density at radius 2 is 2.22 bits per heavy atom. The number of rotatable bonds is 5. The molecule has 126 valence electrons. The third-order valence-corrected chi connectivity index (χ3v) is 4.74. The number of likely N-dealkylation sites (tertiary alicyclic amines) is 1. The van der Waals surface area contributed by atoms with Gasteiger partial charge in [0.25, 0.3) is 0 Å². The van der Waals surface area contributed by atoms with E-state index < -0.39 is 0 Å². The van der Waals surface area contributed by atoms with Crippen molar-refractivity contribution in [3.05, 3.63) is 35.4 Å². The summed E-state index contributed by atoms with van der Waals surface area (Å²) >= 11 is 0. The zero-order valence-corrected chi connectivity index (χ0v) is 14.4. The molecular weight excluding hydrogens is 288 g/mol. The number of amides is 1. The van der Waals surface area contributed by atoms with Crippen molar-refractivity contribution in [3.8, 4) is 0 Å². The molecule has 0 saturated carbocycles. The molecule has 1 N–H and O–H groups in total. The van der Waals surface area contributed by atoms with Crippen molar-refractivity contribution in [2.75, 3.05) is 19.6 Å². The number of nitrogens with one attached hydrogen (secondary N) is 1. The minimum Gasteiger partial charge on any atom is -0.371 e. The molecule has 0 unspecified atom stereocenters. The topological polar surface area (TPSA) is 41.6 Å². The summed E-state index contributed by atoms with van der Waals surface area (Å²) in [5, 5.41) is 3.07. The maximum atomic E-state index is 12.4. The Balaban J connectivity index is 1.58. The van der Waals surface area contributed by atoms with Gasteiger partial charge in [-0.25, -0.2) is 0 Å². The standard InChI is InChI=1S/C19H28N2O2/c1-13(2)9-20-19(22)17-8-16-11-21(12-18(17)23-16)10-15-6-4-5-14(3)7-15/h4-7,13,16-18H,8-12H2,1-3H3,(H,20,22)/t16-,17+,18-/m0/s1. The number of carbonyl (C=O) groups excluding carboxylic acids is 1. The molecule has 0 radical (unpaired) electrons. The first-order chi connectivity index (χ1) is 11.0. The summed E-state index contributed by atoms with van der Waals surface area (Å²) in [6.45, 7) is 9.84. The zero-order chi connectivity index (χ0) is 16.4. The molecule has 23 heavy (non-hydrogen) atoms. The number of hydrogen-bond donors (Lipinski definition) is 1. The molecule has 1 aromatic carbocycles. The van der Waals surface area contributed by atoms with Gasteiger partial charge < -0.3 is 10.1 Å². The number of aryl methyl sites for hydroxylation is 1. The van der Waals surface area contributed by atoms with E-state index in [1.165, 1.54) is 11.1 Å².